The highest BCUT2D eigenvalue weighted by Crippen LogP contribution is 2.31. The summed E-state index contributed by atoms with van der Waals surface area (Å²) in [6.45, 7) is 2.01. The van der Waals surface area contributed by atoms with E-state index >= 15 is 0 Å². The summed E-state index contributed by atoms with van der Waals surface area (Å²) in [5.41, 5.74) is 5.42. The van der Waals surface area contributed by atoms with Crippen LogP contribution in [0, 0.1) is 0 Å². The quantitative estimate of drug-likeness (QED) is 0.890. The van der Waals surface area contributed by atoms with E-state index in [1.165, 1.54) is 47.9 Å². The van der Waals surface area contributed by atoms with Crippen molar-refractivity contribution in [3.63, 3.8) is 0 Å². The van der Waals surface area contributed by atoms with Crippen molar-refractivity contribution in [1.82, 2.24) is 15.1 Å². The van der Waals surface area contributed by atoms with E-state index in [4.69, 9.17) is 0 Å². The van der Waals surface area contributed by atoms with Crippen LogP contribution in [0.15, 0.2) is 30.6 Å². The molecule has 1 N–H and O–H groups in total. The average molecular weight is 253 g/mol. The summed E-state index contributed by atoms with van der Waals surface area (Å²) in [6.07, 6.45) is 9.52. The standard InChI is InChI=1S/C16H19N3/c1-2-4-16(3-1)19-11-15(10-18-19)12-5-6-13-8-17-9-14(13)7-12/h5-7,10-11,16-17H,1-4,8-9H2. The average Bonchev–Trinajstić information content (AvgIpc) is 3.18. The number of fused-ring (bicyclic) bond motifs is 1. The Morgan fingerprint density at radius 3 is 2.79 bits per heavy atom. The Labute approximate surface area is 113 Å². The molecule has 0 amide bonds. The van der Waals surface area contributed by atoms with Crippen LogP contribution in [0.5, 0.6) is 0 Å². The normalized spacial score (nSPS) is 18.9. The van der Waals surface area contributed by atoms with E-state index in [2.05, 4.69) is 39.5 Å². The highest BCUT2D eigenvalue weighted by atomic mass is 15.3. The maximum Gasteiger partial charge on any atom is 0.0568 e. The fourth-order valence-corrected chi connectivity index (χ4v) is 3.33. The van der Waals surface area contributed by atoms with Crippen LogP contribution in [0.3, 0.4) is 0 Å². The van der Waals surface area contributed by atoms with Crippen LogP contribution in [-0.2, 0) is 13.1 Å². The van der Waals surface area contributed by atoms with E-state index in [-0.39, 0.29) is 0 Å². The van der Waals surface area contributed by atoms with Gasteiger partial charge in [-0.05, 0) is 35.6 Å². The summed E-state index contributed by atoms with van der Waals surface area (Å²) in [7, 11) is 0. The lowest BCUT2D eigenvalue weighted by Gasteiger charge is -2.08. The molecule has 19 heavy (non-hydrogen) atoms. The highest BCUT2D eigenvalue weighted by Gasteiger charge is 2.18. The Morgan fingerprint density at radius 1 is 1.05 bits per heavy atom. The molecule has 0 radical (unpaired) electrons. The first-order valence-electron chi connectivity index (χ1n) is 7.27. The van der Waals surface area contributed by atoms with Crippen molar-refractivity contribution < 1.29 is 0 Å². The largest absolute Gasteiger partial charge is 0.309 e. The van der Waals surface area contributed by atoms with E-state index in [1.54, 1.807) is 0 Å². The molecule has 0 saturated heterocycles. The zero-order valence-electron chi connectivity index (χ0n) is 11.1. The van der Waals surface area contributed by atoms with E-state index in [0.29, 0.717) is 6.04 Å². The molecular weight excluding hydrogens is 234 g/mol. The third-order valence-electron chi connectivity index (χ3n) is 4.47. The van der Waals surface area contributed by atoms with E-state index < -0.39 is 0 Å². The Kier molecular flexibility index (Phi) is 2.66. The summed E-state index contributed by atoms with van der Waals surface area (Å²) in [6, 6.07) is 7.41. The molecule has 0 unspecified atom stereocenters. The molecular formula is C16H19N3. The van der Waals surface area contributed by atoms with Gasteiger partial charge in [-0.3, -0.25) is 4.68 Å². The molecule has 3 nitrogen and oxygen atoms in total. The predicted octanol–water partition coefficient (Wildman–Crippen LogP) is 3.27. The summed E-state index contributed by atoms with van der Waals surface area (Å²) < 4.78 is 2.17. The predicted molar refractivity (Wildman–Crippen MR) is 75.7 cm³/mol. The lowest BCUT2D eigenvalue weighted by atomic mass is 10.0. The molecule has 1 aliphatic heterocycles. The van der Waals surface area contributed by atoms with Crippen molar-refractivity contribution in [2.75, 3.05) is 0 Å². The van der Waals surface area contributed by atoms with E-state index in [0.717, 1.165) is 13.1 Å². The van der Waals surface area contributed by atoms with Gasteiger partial charge in [0.1, 0.15) is 0 Å². The molecule has 4 rings (SSSR count). The molecule has 0 bridgehead atoms. The van der Waals surface area contributed by atoms with Gasteiger partial charge in [-0.2, -0.15) is 5.10 Å². The molecule has 1 aromatic heterocycles. The molecule has 1 aromatic carbocycles. The molecule has 2 aliphatic rings. The molecule has 1 saturated carbocycles. The van der Waals surface area contributed by atoms with Gasteiger partial charge < -0.3 is 5.32 Å². The van der Waals surface area contributed by atoms with Crippen LogP contribution < -0.4 is 5.32 Å². The zero-order chi connectivity index (χ0) is 12.7. The zero-order valence-corrected chi connectivity index (χ0v) is 11.1. The van der Waals surface area contributed by atoms with E-state index in [9.17, 15) is 0 Å². The lowest BCUT2D eigenvalue weighted by Crippen LogP contribution is -2.04. The lowest BCUT2D eigenvalue weighted by molar-refractivity contribution is 0.467. The smallest absolute Gasteiger partial charge is 0.0568 e. The minimum atomic E-state index is 0.629. The van der Waals surface area contributed by atoms with Crippen molar-refractivity contribution in [2.45, 2.75) is 44.8 Å². The number of nitrogens with one attached hydrogen (secondary N) is 1. The van der Waals surface area contributed by atoms with Crippen LogP contribution in [0.2, 0.25) is 0 Å². The fraction of sp³-hybridized carbons (Fsp3) is 0.438. The van der Waals surface area contributed by atoms with Gasteiger partial charge in [0.15, 0.2) is 0 Å². The van der Waals surface area contributed by atoms with E-state index in [1.807, 2.05) is 6.20 Å². The van der Waals surface area contributed by atoms with Crippen molar-refractivity contribution in [2.24, 2.45) is 0 Å². The fourth-order valence-electron chi connectivity index (χ4n) is 3.33. The van der Waals surface area contributed by atoms with Crippen LogP contribution in [0.4, 0.5) is 0 Å². The van der Waals surface area contributed by atoms with Crippen molar-refractivity contribution in [3.05, 3.63) is 41.7 Å². The van der Waals surface area contributed by atoms with Gasteiger partial charge in [-0.1, -0.05) is 25.0 Å². The first-order chi connectivity index (χ1) is 9.40. The maximum absolute atomic E-state index is 4.57. The molecule has 2 heterocycles. The third-order valence-corrected chi connectivity index (χ3v) is 4.47. The summed E-state index contributed by atoms with van der Waals surface area (Å²) in [5, 5.41) is 7.96. The summed E-state index contributed by atoms with van der Waals surface area (Å²) in [4.78, 5) is 0. The minimum Gasteiger partial charge on any atom is -0.309 e. The van der Waals surface area contributed by atoms with Gasteiger partial charge in [0.2, 0.25) is 0 Å². The minimum absolute atomic E-state index is 0.629. The van der Waals surface area contributed by atoms with Crippen molar-refractivity contribution in [1.29, 1.82) is 0 Å². The Bertz CT molecular complexity index is 594. The number of nitrogens with zero attached hydrogens (tertiary/aromatic N) is 2. The second-order valence-electron chi connectivity index (χ2n) is 5.73. The molecule has 98 valence electrons. The first-order valence-corrected chi connectivity index (χ1v) is 7.27. The Balaban J connectivity index is 1.65. The molecule has 1 fully saturated rings. The molecule has 0 atom stereocenters. The molecule has 2 aromatic rings. The van der Waals surface area contributed by atoms with Gasteiger partial charge in [0.05, 0.1) is 12.2 Å². The van der Waals surface area contributed by atoms with Crippen molar-refractivity contribution in [3.8, 4) is 11.1 Å². The summed E-state index contributed by atoms with van der Waals surface area (Å²) in [5.74, 6) is 0. The molecule has 1 aliphatic carbocycles. The third kappa shape index (κ3) is 1.98. The topological polar surface area (TPSA) is 29.9 Å². The SMILES string of the molecule is c1cc2c(cc1-c1cnn(C3CCCC3)c1)CNC2. The van der Waals surface area contributed by atoms with Gasteiger partial charge in [0.25, 0.3) is 0 Å². The van der Waals surface area contributed by atoms with Crippen LogP contribution in [-0.4, -0.2) is 9.78 Å². The Morgan fingerprint density at radius 2 is 1.89 bits per heavy atom. The van der Waals surface area contributed by atoms with Gasteiger partial charge in [-0.15, -0.1) is 0 Å². The number of hydrogen-bond acceptors (Lipinski definition) is 2. The second-order valence-corrected chi connectivity index (χ2v) is 5.73. The second kappa shape index (κ2) is 4.49. The highest BCUT2D eigenvalue weighted by molar-refractivity contribution is 5.63. The maximum atomic E-state index is 4.57. The van der Waals surface area contributed by atoms with Crippen LogP contribution in [0.1, 0.15) is 42.9 Å². The molecule has 3 heteroatoms. The van der Waals surface area contributed by atoms with Crippen LogP contribution >= 0.6 is 0 Å². The summed E-state index contributed by atoms with van der Waals surface area (Å²) >= 11 is 0. The number of aromatic nitrogens is 2. The first kappa shape index (κ1) is 11.2. The van der Waals surface area contributed by atoms with Crippen LogP contribution in [0.25, 0.3) is 11.1 Å². The Hall–Kier alpha value is -1.61. The van der Waals surface area contributed by atoms with Gasteiger partial charge in [0, 0.05) is 24.8 Å². The number of hydrogen-bond donors (Lipinski definition) is 1. The number of benzene rings is 1. The van der Waals surface area contributed by atoms with Gasteiger partial charge in [-0.25, -0.2) is 0 Å². The van der Waals surface area contributed by atoms with Gasteiger partial charge >= 0.3 is 0 Å². The number of rotatable bonds is 2. The molecule has 0 spiro atoms. The van der Waals surface area contributed by atoms with Crippen molar-refractivity contribution >= 4 is 0 Å². The monoisotopic (exact) mass is 253 g/mol.